The zero-order valence-corrected chi connectivity index (χ0v) is 11.4. The number of aryl methyl sites for hydroxylation is 2. The van der Waals surface area contributed by atoms with Crippen LogP contribution in [0, 0.1) is 6.92 Å². The second-order valence-corrected chi connectivity index (χ2v) is 6.07. The molecular weight excluding hydrogens is 230 g/mol. The largest absolute Gasteiger partial charge is 0.346 e. The van der Waals surface area contributed by atoms with Crippen LogP contribution in [0.4, 0.5) is 0 Å². The third kappa shape index (κ3) is 3.17. The molecular formula is C13H19N3S. The molecule has 0 bridgehead atoms. The van der Waals surface area contributed by atoms with Crippen LogP contribution in [0.5, 0.6) is 0 Å². The van der Waals surface area contributed by atoms with Crippen LogP contribution >= 0.6 is 11.3 Å². The molecule has 0 aliphatic carbocycles. The SMILES string of the molecule is Cc1[nH]c(CCC(C)(C)N)nc1-c1cccs1. The number of nitrogens with two attached hydrogens (primary N) is 1. The van der Waals surface area contributed by atoms with Gasteiger partial charge in [-0.1, -0.05) is 6.07 Å². The van der Waals surface area contributed by atoms with Crippen molar-refractivity contribution in [1.29, 1.82) is 0 Å². The van der Waals surface area contributed by atoms with Gasteiger partial charge in [-0.05, 0) is 38.6 Å². The van der Waals surface area contributed by atoms with E-state index in [2.05, 4.69) is 34.4 Å². The molecule has 0 spiro atoms. The standard InChI is InChI=1S/C13H19N3S/c1-9-12(10-5-4-8-17-10)16-11(15-9)6-7-13(2,3)14/h4-5,8H,6-7,14H2,1-3H3,(H,15,16). The first-order valence-corrected chi connectivity index (χ1v) is 6.72. The number of hydrogen-bond donors (Lipinski definition) is 2. The van der Waals surface area contributed by atoms with Crippen molar-refractivity contribution >= 4 is 11.3 Å². The summed E-state index contributed by atoms with van der Waals surface area (Å²) in [6.45, 7) is 6.16. The van der Waals surface area contributed by atoms with E-state index in [0.29, 0.717) is 0 Å². The minimum Gasteiger partial charge on any atom is -0.346 e. The van der Waals surface area contributed by atoms with Crippen LogP contribution in [0.2, 0.25) is 0 Å². The van der Waals surface area contributed by atoms with Crippen LogP contribution < -0.4 is 5.73 Å². The van der Waals surface area contributed by atoms with Crippen molar-refractivity contribution in [2.75, 3.05) is 0 Å². The van der Waals surface area contributed by atoms with Crippen molar-refractivity contribution in [2.45, 2.75) is 39.2 Å². The smallest absolute Gasteiger partial charge is 0.107 e. The number of aromatic amines is 1. The molecule has 0 fully saturated rings. The van der Waals surface area contributed by atoms with Gasteiger partial charge in [0.05, 0.1) is 4.88 Å². The Kier molecular flexibility index (Phi) is 3.35. The lowest BCUT2D eigenvalue weighted by atomic mass is 10.0. The first-order chi connectivity index (χ1) is 7.96. The fraction of sp³-hybridized carbons (Fsp3) is 0.462. The summed E-state index contributed by atoms with van der Waals surface area (Å²) in [4.78, 5) is 9.22. The van der Waals surface area contributed by atoms with Gasteiger partial charge in [0.25, 0.3) is 0 Å². The van der Waals surface area contributed by atoms with Crippen LogP contribution in [0.15, 0.2) is 17.5 Å². The average molecular weight is 249 g/mol. The van der Waals surface area contributed by atoms with E-state index in [1.807, 2.05) is 13.8 Å². The molecule has 0 radical (unpaired) electrons. The Bertz CT molecular complexity index is 477. The fourth-order valence-electron chi connectivity index (χ4n) is 1.73. The van der Waals surface area contributed by atoms with E-state index in [1.54, 1.807) is 11.3 Å². The summed E-state index contributed by atoms with van der Waals surface area (Å²) in [6, 6.07) is 4.15. The summed E-state index contributed by atoms with van der Waals surface area (Å²) in [5.41, 5.74) is 8.06. The van der Waals surface area contributed by atoms with Gasteiger partial charge in [0.1, 0.15) is 11.5 Å². The predicted molar refractivity (Wildman–Crippen MR) is 73.2 cm³/mol. The molecule has 3 nitrogen and oxygen atoms in total. The Morgan fingerprint density at radius 3 is 2.82 bits per heavy atom. The van der Waals surface area contributed by atoms with Crippen molar-refractivity contribution in [1.82, 2.24) is 9.97 Å². The van der Waals surface area contributed by atoms with Gasteiger partial charge in [-0.3, -0.25) is 0 Å². The quantitative estimate of drug-likeness (QED) is 0.874. The third-order valence-corrected chi connectivity index (χ3v) is 3.57. The Morgan fingerprint density at radius 1 is 1.47 bits per heavy atom. The molecule has 3 N–H and O–H groups in total. The number of rotatable bonds is 4. The summed E-state index contributed by atoms with van der Waals surface area (Å²) in [7, 11) is 0. The van der Waals surface area contributed by atoms with E-state index in [9.17, 15) is 0 Å². The van der Waals surface area contributed by atoms with Crippen LogP contribution in [0.3, 0.4) is 0 Å². The highest BCUT2D eigenvalue weighted by atomic mass is 32.1. The number of thiophene rings is 1. The highest BCUT2D eigenvalue weighted by molar-refractivity contribution is 7.13. The van der Waals surface area contributed by atoms with E-state index in [-0.39, 0.29) is 5.54 Å². The van der Waals surface area contributed by atoms with Gasteiger partial charge in [0, 0.05) is 17.7 Å². The number of hydrogen-bond acceptors (Lipinski definition) is 3. The fourth-order valence-corrected chi connectivity index (χ4v) is 2.51. The normalized spacial score (nSPS) is 12.0. The van der Waals surface area contributed by atoms with Crippen LogP contribution in [0.1, 0.15) is 31.8 Å². The monoisotopic (exact) mass is 249 g/mol. The maximum absolute atomic E-state index is 5.98. The summed E-state index contributed by atoms with van der Waals surface area (Å²) in [5.74, 6) is 1.03. The Hall–Kier alpha value is -1.13. The van der Waals surface area contributed by atoms with Crippen LogP contribution in [0.25, 0.3) is 10.6 Å². The number of aromatic nitrogens is 2. The topological polar surface area (TPSA) is 54.7 Å². The second kappa shape index (κ2) is 4.63. The van der Waals surface area contributed by atoms with Crippen LogP contribution in [-0.4, -0.2) is 15.5 Å². The number of H-pyrrole nitrogens is 1. The summed E-state index contributed by atoms with van der Waals surface area (Å²) >= 11 is 1.72. The molecule has 2 heterocycles. The van der Waals surface area contributed by atoms with E-state index in [0.717, 1.165) is 30.1 Å². The highest BCUT2D eigenvalue weighted by Gasteiger charge is 2.14. The van der Waals surface area contributed by atoms with Crippen LogP contribution in [-0.2, 0) is 6.42 Å². The second-order valence-electron chi connectivity index (χ2n) is 5.12. The minimum absolute atomic E-state index is 0.135. The molecule has 0 aromatic carbocycles. The first-order valence-electron chi connectivity index (χ1n) is 5.84. The zero-order valence-electron chi connectivity index (χ0n) is 10.6. The molecule has 0 saturated carbocycles. The molecule has 0 unspecified atom stereocenters. The van der Waals surface area contributed by atoms with Gasteiger partial charge >= 0.3 is 0 Å². The zero-order chi connectivity index (χ0) is 12.5. The predicted octanol–water partition coefficient (Wildman–Crippen LogP) is 3.12. The first kappa shape index (κ1) is 12.3. The van der Waals surface area contributed by atoms with Crippen molar-refractivity contribution < 1.29 is 0 Å². The lowest BCUT2D eigenvalue weighted by Crippen LogP contribution is -2.32. The van der Waals surface area contributed by atoms with Gasteiger partial charge in [-0.25, -0.2) is 4.98 Å². The molecule has 0 atom stereocenters. The number of nitrogens with zero attached hydrogens (tertiary/aromatic N) is 1. The average Bonchev–Trinajstić information content (AvgIpc) is 2.82. The lowest BCUT2D eigenvalue weighted by Gasteiger charge is -2.16. The van der Waals surface area contributed by atoms with E-state index in [1.165, 1.54) is 4.88 Å². The van der Waals surface area contributed by atoms with Gasteiger partial charge in [0.15, 0.2) is 0 Å². The molecule has 92 valence electrons. The maximum atomic E-state index is 5.98. The number of nitrogens with one attached hydrogen (secondary N) is 1. The third-order valence-electron chi connectivity index (χ3n) is 2.69. The molecule has 17 heavy (non-hydrogen) atoms. The lowest BCUT2D eigenvalue weighted by molar-refractivity contribution is 0.472. The maximum Gasteiger partial charge on any atom is 0.107 e. The molecule has 2 rings (SSSR count). The number of imidazole rings is 1. The molecule has 0 amide bonds. The molecule has 4 heteroatoms. The van der Waals surface area contributed by atoms with Crippen molar-refractivity contribution in [3.05, 3.63) is 29.0 Å². The van der Waals surface area contributed by atoms with Crippen molar-refractivity contribution in [3.8, 4) is 10.6 Å². The van der Waals surface area contributed by atoms with Crippen molar-refractivity contribution in [3.63, 3.8) is 0 Å². The molecule has 2 aromatic heterocycles. The Labute approximate surface area is 106 Å². The van der Waals surface area contributed by atoms with E-state index >= 15 is 0 Å². The molecule has 0 saturated heterocycles. The Morgan fingerprint density at radius 2 is 2.24 bits per heavy atom. The van der Waals surface area contributed by atoms with Gasteiger partial charge in [-0.15, -0.1) is 11.3 Å². The van der Waals surface area contributed by atoms with E-state index in [4.69, 9.17) is 5.73 Å². The highest BCUT2D eigenvalue weighted by Crippen LogP contribution is 2.26. The van der Waals surface area contributed by atoms with Crippen molar-refractivity contribution in [2.24, 2.45) is 5.73 Å². The summed E-state index contributed by atoms with van der Waals surface area (Å²) in [5, 5.41) is 2.08. The Balaban J connectivity index is 2.14. The van der Waals surface area contributed by atoms with Gasteiger partial charge < -0.3 is 10.7 Å². The minimum atomic E-state index is -0.135. The summed E-state index contributed by atoms with van der Waals surface area (Å²) in [6.07, 6.45) is 1.83. The van der Waals surface area contributed by atoms with Gasteiger partial charge in [-0.2, -0.15) is 0 Å². The molecule has 0 aliphatic rings. The molecule has 0 aliphatic heterocycles. The van der Waals surface area contributed by atoms with Gasteiger partial charge in [0.2, 0.25) is 0 Å². The van der Waals surface area contributed by atoms with E-state index < -0.39 is 0 Å². The molecule has 2 aromatic rings. The summed E-state index contributed by atoms with van der Waals surface area (Å²) < 4.78 is 0.